The molecule has 0 saturated heterocycles. The summed E-state index contributed by atoms with van der Waals surface area (Å²) in [7, 11) is 0. The molecule has 0 fully saturated rings. The van der Waals surface area contributed by atoms with E-state index in [1.54, 1.807) is 27.7 Å². The SMILES string of the molecule is CCCCC(NC(=O)C(C)NC(=O)C(C)(C)C)C(=O)Nc1ncc(C#N)s1. The number of nitriles is 1. The Bertz CT molecular complexity index is 717. The van der Waals surface area contributed by atoms with Crippen molar-refractivity contribution < 1.29 is 14.4 Å². The topological polar surface area (TPSA) is 124 Å². The van der Waals surface area contributed by atoms with Crippen molar-refractivity contribution in [3.8, 4) is 6.07 Å². The smallest absolute Gasteiger partial charge is 0.248 e. The average molecular weight is 394 g/mol. The molecule has 2 unspecified atom stereocenters. The third kappa shape index (κ3) is 7.35. The zero-order valence-corrected chi connectivity index (χ0v) is 17.2. The third-order valence-electron chi connectivity index (χ3n) is 3.75. The highest BCUT2D eigenvalue weighted by Crippen LogP contribution is 2.17. The van der Waals surface area contributed by atoms with Crippen molar-refractivity contribution in [1.82, 2.24) is 15.6 Å². The lowest BCUT2D eigenvalue weighted by Crippen LogP contribution is -2.53. The van der Waals surface area contributed by atoms with Gasteiger partial charge >= 0.3 is 0 Å². The predicted molar refractivity (Wildman–Crippen MR) is 104 cm³/mol. The van der Waals surface area contributed by atoms with Gasteiger partial charge in [-0.2, -0.15) is 5.26 Å². The molecule has 0 radical (unpaired) electrons. The summed E-state index contributed by atoms with van der Waals surface area (Å²) in [5, 5.41) is 17.1. The molecular formula is C18H27N5O3S. The van der Waals surface area contributed by atoms with Crippen LogP contribution in [0.3, 0.4) is 0 Å². The maximum atomic E-state index is 12.5. The summed E-state index contributed by atoms with van der Waals surface area (Å²) >= 11 is 1.06. The first kappa shape index (κ1) is 22.6. The Hall–Kier alpha value is -2.47. The fourth-order valence-corrected chi connectivity index (χ4v) is 2.64. The van der Waals surface area contributed by atoms with Crippen LogP contribution in [-0.4, -0.2) is 34.8 Å². The minimum Gasteiger partial charge on any atom is -0.344 e. The summed E-state index contributed by atoms with van der Waals surface area (Å²) in [6, 6.07) is 0.442. The van der Waals surface area contributed by atoms with Crippen molar-refractivity contribution >= 4 is 34.2 Å². The Balaban J connectivity index is 2.74. The van der Waals surface area contributed by atoms with E-state index in [-0.39, 0.29) is 5.91 Å². The Morgan fingerprint density at radius 2 is 1.93 bits per heavy atom. The first-order valence-corrected chi connectivity index (χ1v) is 9.68. The van der Waals surface area contributed by atoms with Crippen LogP contribution in [0, 0.1) is 16.7 Å². The monoisotopic (exact) mass is 393 g/mol. The molecule has 0 aliphatic carbocycles. The number of nitrogens with one attached hydrogen (secondary N) is 3. The molecule has 27 heavy (non-hydrogen) atoms. The first-order valence-electron chi connectivity index (χ1n) is 8.86. The van der Waals surface area contributed by atoms with Gasteiger partial charge in [-0.25, -0.2) is 4.98 Å². The molecule has 3 amide bonds. The van der Waals surface area contributed by atoms with Crippen LogP contribution in [0.25, 0.3) is 0 Å². The van der Waals surface area contributed by atoms with Crippen molar-refractivity contribution in [2.45, 2.75) is 66.0 Å². The van der Waals surface area contributed by atoms with Crippen LogP contribution >= 0.6 is 11.3 Å². The van der Waals surface area contributed by atoms with Crippen LogP contribution in [-0.2, 0) is 14.4 Å². The van der Waals surface area contributed by atoms with E-state index < -0.39 is 29.3 Å². The number of hydrogen-bond donors (Lipinski definition) is 3. The number of thiazole rings is 1. The van der Waals surface area contributed by atoms with Gasteiger partial charge in [-0.1, -0.05) is 51.9 Å². The van der Waals surface area contributed by atoms with E-state index in [9.17, 15) is 14.4 Å². The Kier molecular flexibility index (Phi) is 8.37. The summed E-state index contributed by atoms with van der Waals surface area (Å²) in [5.74, 6) is -1.07. The Labute approximate surface area is 163 Å². The molecule has 148 valence electrons. The van der Waals surface area contributed by atoms with Crippen LogP contribution in [0.15, 0.2) is 6.20 Å². The molecule has 0 aliphatic rings. The molecule has 1 heterocycles. The van der Waals surface area contributed by atoms with Gasteiger partial charge in [-0.15, -0.1) is 0 Å². The van der Waals surface area contributed by atoms with Gasteiger partial charge in [0, 0.05) is 5.41 Å². The van der Waals surface area contributed by atoms with Crippen molar-refractivity contribution in [1.29, 1.82) is 5.26 Å². The van der Waals surface area contributed by atoms with Crippen LogP contribution in [0.5, 0.6) is 0 Å². The molecule has 9 heteroatoms. The van der Waals surface area contributed by atoms with Gasteiger partial charge in [0.05, 0.1) is 6.20 Å². The van der Waals surface area contributed by atoms with Crippen molar-refractivity contribution in [2.75, 3.05) is 5.32 Å². The van der Waals surface area contributed by atoms with Crippen molar-refractivity contribution in [3.05, 3.63) is 11.1 Å². The standard InChI is InChI=1S/C18H27N5O3S/c1-6-7-8-13(15(25)23-17-20-10-12(9-19)27-17)22-14(24)11(2)21-16(26)18(3,4)5/h10-11,13H,6-8H2,1-5H3,(H,21,26)(H,22,24)(H,20,23,25). The van der Waals surface area contributed by atoms with E-state index in [0.717, 1.165) is 24.2 Å². The number of hydrogen-bond acceptors (Lipinski definition) is 6. The predicted octanol–water partition coefficient (Wildman–Crippen LogP) is 2.18. The molecular weight excluding hydrogens is 366 g/mol. The molecule has 1 aromatic heterocycles. The van der Waals surface area contributed by atoms with Gasteiger partial charge in [0.1, 0.15) is 23.0 Å². The number of unbranched alkanes of at least 4 members (excludes halogenated alkanes) is 1. The average Bonchev–Trinajstić information content (AvgIpc) is 3.04. The van der Waals surface area contributed by atoms with Crippen molar-refractivity contribution in [2.24, 2.45) is 5.41 Å². The summed E-state index contributed by atoms with van der Waals surface area (Å²) < 4.78 is 0. The highest BCUT2D eigenvalue weighted by Gasteiger charge is 2.28. The molecule has 0 bridgehead atoms. The number of aromatic nitrogens is 1. The summed E-state index contributed by atoms with van der Waals surface area (Å²) in [4.78, 5) is 41.3. The Morgan fingerprint density at radius 1 is 1.26 bits per heavy atom. The number of anilines is 1. The lowest BCUT2D eigenvalue weighted by atomic mass is 9.95. The normalized spacial score (nSPS) is 13.2. The number of carbonyl (C=O) groups is 3. The third-order valence-corrected chi connectivity index (χ3v) is 4.56. The highest BCUT2D eigenvalue weighted by molar-refractivity contribution is 7.16. The van der Waals surface area contributed by atoms with E-state index >= 15 is 0 Å². The molecule has 3 N–H and O–H groups in total. The highest BCUT2D eigenvalue weighted by atomic mass is 32.1. The van der Waals surface area contributed by atoms with E-state index in [4.69, 9.17) is 5.26 Å². The van der Waals surface area contributed by atoms with E-state index in [1.807, 2.05) is 13.0 Å². The van der Waals surface area contributed by atoms with Crippen LogP contribution in [0.2, 0.25) is 0 Å². The number of carbonyl (C=O) groups excluding carboxylic acids is 3. The number of nitrogens with zero attached hydrogens (tertiary/aromatic N) is 2. The van der Waals surface area contributed by atoms with E-state index in [1.165, 1.54) is 6.20 Å². The van der Waals surface area contributed by atoms with Gasteiger partial charge in [0.25, 0.3) is 0 Å². The minimum atomic E-state index is -0.765. The number of rotatable bonds is 8. The summed E-state index contributed by atoms with van der Waals surface area (Å²) in [5.41, 5.74) is -0.614. The zero-order chi connectivity index (χ0) is 20.6. The minimum absolute atomic E-state index is 0.244. The lowest BCUT2D eigenvalue weighted by Gasteiger charge is -2.23. The van der Waals surface area contributed by atoms with Gasteiger partial charge < -0.3 is 16.0 Å². The second kappa shape index (κ2) is 10.0. The van der Waals surface area contributed by atoms with Crippen LogP contribution in [0.1, 0.15) is 58.8 Å². The lowest BCUT2D eigenvalue weighted by molar-refractivity contribution is -0.134. The van der Waals surface area contributed by atoms with Gasteiger partial charge in [0.2, 0.25) is 17.7 Å². The molecule has 8 nitrogen and oxygen atoms in total. The molecule has 1 aromatic rings. The summed E-state index contributed by atoms with van der Waals surface area (Å²) in [6.45, 7) is 8.84. The van der Waals surface area contributed by atoms with Crippen LogP contribution in [0.4, 0.5) is 5.13 Å². The molecule has 2 atom stereocenters. The second-order valence-corrected chi connectivity index (χ2v) is 8.31. The number of amides is 3. The zero-order valence-electron chi connectivity index (χ0n) is 16.4. The summed E-state index contributed by atoms with van der Waals surface area (Å²) in [6.07, 6.45) is 3.46. The molecule has 1 rings (SSSR count). The molecule has 0 aliphatic heterocycles. The van der Waals surface area contributed by atoms with Gasteiger partial charge in [-0.3, -0.25) is 14.4 Å². The van der Waals surface area contributed by atoms with E-state index in [0.29, 0.717) is 16.4 Å². The van der Waals surface area contributed by atoms with E-state index in [2.05, 4.69) is 20.9 Å². The largest absolute Gasteiger partial charge is 0.344 e. The second-order valence-electron chi connectivity index (χ2n) is 7.28. The molecule has 0 aromatic carbocycles. The Morgan fingerprint density at radius 3 is 2.44 bits per heavy atom. The van der Waals surface area contributed by atoms with Gasteiger partial charge in [-0.05, 0) is 13.3 Å². The fraction of sp³-hybridized carbons (Fsp3) is 0.611. The first-order chi connectivity index (χ1) is 12.6. The maximum Gasteiger partial charge on any atom is 0.248 e. The van der Waals surface area contributed by atoms with Crippen molar-refractivity contribution in [3.63, 3.8) is 0 Å². The molecule has 0 spiro atoms. The van der Waals surface area contributed by atoms with Crippen LogP contribution < -0.4 is 16.0 Å². The maximum absolute atomic E-state index is 12.5. The molecule has 0 saturated carbocycles. The quantitative estimate of drug-likeness (QED) is 0.624. The van der Waals surface area contributed by atoms with Gasteiger partial charge in [0.15, 0.2) is 5.13 Å². The fourth-order valence-electron chi connectivity index (χ4n) is 2.03.